The van der Waals surface area contributed by atoms with E-state index in [-0.39, 0.29) is 11.8 Å². The predicted octanol–water partition coefficient (Wildman–Crippen LogP) is 5.00. The summed E-state index contributed by atoms with van der Waals surface area (Å²) < 4.78 is 28.9. The van der Waals surface area contributed by atoms with Crippen molar-refractivity contribution in [2.45, 2.75) is 33.2 Å². The van der Waals surface area contributed by atoms with Gasteiger partial charge in [-0.25, -0.2) is 13.8 Å². The highest BCUT2D eigenvalue weighted by molar-refractivity contribution is 5.95. The van der Waals surface area contributed by atoms with Gasteiger partial charge >= 0.3 is 0 Å². The van der Waals surface area contributed by atoms with E-state index >= 15 is 0 Å². The maximum Gasteiger partial charge on any atom is 0.247 e. The van der Waals surface area contributed by atoms with Crippen LogP contribution in [-0.4, -0.2) is 28.5 Å². The number of fused-ring (bicyclic) bond motifs is 1. The molecular formula is C23H26F2N4O. The molecule has 2 aromatic carbocycles. The first-order chi connectivity index (χ1) is 14.3. The van der Waals surface area contributed by atoms with Crippen LogP contribution < -0.4 is 10.2 Å². The Hall–Kier alpha value is -2.96. The predicted molar refractivity (Wildman–Crippen MR) is 115 cm³/mol. The van der Waals surface area contributed by atoms with Crippen LogP contribution in [-0.2, 0) is 4.79 Å². The summed E-state index contributed by atoms with van der Waals surface area (Å²) in [7, 11) is 0. The maximum atomic E-state index is 13.8. The fraction of sp³-hybridized carbons (Fsp3) is 0.391. The van der Waals surface area contributed by atoms with Gasteiger partial charge < -0.3 is 14.8 Å². The second-order valence-corrected chi connectivity index (χ2v) is 8.47. The highest BCUT2D eigenvalue weighted by Gasteiger charge is 2.26. The molecule has 1 amide bonds. The van der Waals surface area contributed by atoms with Crippen molar-refractivity contribution in [2.24, 2.45) is 11.8 Å². The second kappa shape index (κ2) is 8.05. The zero-order valence-corrected chi connectivity index (χ0v) is 17.4. The number of nitrogens with one attached hydrogen (secondary N) is 1. The number of aromatic nitrogens is 2. The Labute approximate surface area is 174 Å². The average molecular weight is 412 g/mol. The minimum absolute atomic E-state index is 0.0825. The number of amides is 1. The molecule has 158 valence electrons. The van der Waals surface area contributed by atoms with Crippen LogP contribution in [0.5, 0.6) is 0 Å². The molecule has 3 aromatic rings. The van der Waals surface area contributed by atoms with Crippen molar-refractivity contribution in [1.29, 1.82) is 0 Å². The molecule has 1 aliphatic heterocycles. The molecule has 0 radical (unpaired) electrons. The molecule has 30 heavy (non-hydrogen) atoms. The third-order valence-corrected chi connectivity index (χ3v) is 5.74. The zero-order valence-electron chi connectivity index (χ0n) is 17.4. The summed E-state index contributed by atoms with van der Waals surface area (Å²) in [5, 5.41) is 2.96. The van der Waals surface area contributed by atoms with Crippen molar-refractivity contribution < 1.29 is 13.6 Å². The van der Waals surface area contributed by atoms with Crippen LogP contribution in [0.4, 0.5) is 20.2 Å². The van der Waals surface area contributed by atoms with Crippen molar-refractivity contribution >= 4 is 28.3 Å². The van der Waals surface area contributed by atoms with Crippen molar-refractivity contribution in [1.82, 2.24) is 9.55 Å². The third-order valence-electron chi connectivity index (χ3n) is 5.74. The molecule has 1 saturated heterocycles. The number of carbonyl (C=O) groups is 1. The van der Waals surface area contributed by atoms with Crippen LogP contribution in [0, 0.1) is 23.5 Å². The molecule has 1 aromatic heterocycles. The fourth-order valence-corrected chi connectivity index (χ4v) is 4.14. The van der Waals surface area contributed by atoms with Gasteiger partial charge in [0, 0.05) is 36.6 Å². The van der Waals surface area contributed by atoms with Crippen molar-refractivity contribution in [3.8, 4) is 0 Å². The third kappa shape index (κ3) is 3.88. The number of hydrogen-bond acceptors (Lipinski definition) is 3. The molecule has 0 aliphatic carbocycles. The highest BCUT2D eigenvalue weighted by Crippen LogP contribution is 2.28. The van der Waals surface area contributed by atoms with Crippen LogP contribution in [0.1, 0.15) is 33.2 Å². The second-order valence-electron chi connectivity index (χ2n) is 8.47. The normalized spacial score (nSPS) is 17.7. The van der Waals surface area contributed by atoms with Crippen LogP contribution in [0.2, 0.25) is 0 Å². The Balaban J connectivity index is 1.55. The van der Waals surface area contributed by atoms with Crippen LogP contribution >= 0.6 is 0 Å². The van der Waals surface area contributed by atoms with Gasteiger partial charge in [0.25, 0.3) is 0 Å². The summed E-state index contributed by atoms with van der Waals surface area (Å²) in [6, 6.07) is 9.36. The molecule has 2 heterocycles. The molecule has 1 N–H and O–H groups in total. The van der Waals surface area contributed by atoms with Gasteiger partial charge in [-0.15, -0.1) is 0 Å². The van der Waals surface area contributed by atoms with Crippen molar-refractivity contribution in [2.75, 3.05) is 23.3 Å². The van der Waals surface area contributed by atoms with E-state index in [1.54, 1.807) is 4.57 Å². The van der Waals surface area contributed by atoms with Gasteiger partial charge in [0.05, 0.1) is 17.4 Å². The van der Waals surface area contributed by atoms with Crippen LogP contribution in [0.25, 0.3) is 11.0 Å². The lowest BCUT2D eigenvalue weighted by Crippen LogP contribution is -2.29. The number of hydrogen-bond donors (Lipinski definition) is 1. The molecule has 0 spiro atoms. The van der Waals surface area contributed by atoms with Gasteiger partial charge in [-0.2, -0.15) is 0 Å². The Morgan fingerprint density at radius 3 is 2.50 bits per heavy atom. The first-order valence-corrected chi connectivity index (χ1v) is 10.3. The number of halogens is 2. The van der Waals surface area contributed by atoms with E-state index in [2.05, 4.69) is 22.1 Å². The Kier molecular flexibility index (Phi) is 5.45. The van der Waals surface area contributed by atoms with E-state index in [4.69, 9.17) is 0 Å². The average Bonchev–Trinajstić information content (AvgIpc) is 3.30. The number of nitrogens with zero attached hydrogens (tertiary/aromatic N) is 3. The quantitative estimate of drug-likeness (QED) is 0.642. The standard InChI is InChI=1S/C23H26F2N4O/c1-14(2)22(29-13-26-20-10-18(24)19(25)11-21(20)29)23(30)27-16-4-6-17(7-5-16)28-9-8-15(3)12-28/h4-7,10-11,13-15,22H,8-9,12H2,1-3H3,(H,27,30). The molecule has 2 unspecified atom stereocenters. The lowest BCUT2D eigenvalue weighted by atomic mass is 10.0. The summed E-state index contributed by atoms with van der Waals surface area (Å²) in [5.74, 6) is -1.53. The number of anilines is 2. The van der Waals surface area contributed by atoms with Gasteiger partial charge in [-0.1, -0.05) is 20.8 Å². The monoisotopic (exact) mass is 412 g/mol. The van der Waals surface area contributed by atoms with Gasteiger partial charge in [0.1, 0.15) is 6.04 Å². The summed E-state index contributed by atoms with van der Waals surface area (Å²) in [4.78, 5) is 19.6. The lowest BCUT2D eigenvalue weighted by molar-refractivity contribution is -0.120. The van der Waals surface area contributed by atoms with E-state index in [0.29, 0.717) is 22.6 Å². The van der Waals surface area contributed by atoms with Gasteiger partial charge in [-0.05, 0) is 42.5 Å². The first-order valence-electron chi connectivity index (χ1n) is 10.3. The van der Waals surface area contributed by atoms with Gasteiger partial charge in [0.2, 0.25) is 5.91 Å². The summed E-state index contributed by atoms with van der Waals surface area (Å²) in [5.41, 5.74) is 2.55. The summed E-state index contributed by atoms with van der Waals surface area (Å²) in [6.45, 7) is 8.17. The Morgan fingerprint density at radius 2 is 1.87 bits per heavy atom. The van der Waals surface area contributed by atoms with Crippen LogP contribution in [0.3, 0.4) is 0 Å². The SMILES string of the molecule is CC1CCN(c2ccc(NC(=O)C(C(C)C)n3cnc4cc(F)c(F)cc43)cc2)C1. The summed E-state index contributed by atoms with van der Waals surface area (Å²) >= 11 is 0. The van der Waals surface area contributed by atoms with E-state index < -0.39 is 17.7 Å². The minimum Gasteiger partial charge on any atom is -0.371 e. The van der Waals surface area contributed by atoms with Gasteiger partial charge in [-0.3, -0.25) is 4.79 Å². The smallest absolute Gasteiger partial charge is 0.247 e. The Bertz CT molecular complexity index is 1060. The zero-order chi connectivity index (χ0) is 21.4. The molecule has 7 heteroatoms. The van der Waals surface area contributed by atoms with Gasteiger partial charge in [0.15, 0.2) is 11.6 Å². The molecule has 2 atom stereocenters. The number of benzene rings is 2. The van der Waals surface area contributed by atoms with E-state index in [0.717, 1.165) is 30.9 Å². The van der Waals surface area contributed by atoms with E-state index in [1.807, 2.05) is 38.1 Å². The highest BCUT2D eigenvalue weighted by atomic mass is 19.2. The Morgan fingerprint density at radius 1 is 1.17 bits per heavy atom. The van der Waals surface area contributed by atoms with E-state index in [9.17, 15) is 13.6 Å². The molecule has 1 fully saturated rings. The topological polar surface area (TPSA) is 50.2 Å². The maximum absolute atomic E-state index is 13.8. The number of rotatable bonds is 5. The molecule has 4 rings (SSSR count). The molecule has 0 saturated carbocycles. The number of carbonyl (C=O) groups excluding carboxylic acids is 1. The lowest BCUT2D eigenvalue weighted by Gasteiger charge is -2.23. The van der Waals surface area contributed by atoms with E-state index in [1.165, 1.54) is 12.7 Å². The van der Waals surface area contributed by atoms with Crippen molar-refractivity contribution in [3.63, 3.8) is 0 Å². The van der Waals surface area contributed by atoms with Crippen molar-refractivity contribution in [3.05, 3.63) is 54.4 Å². The van der Waals surface area contributed by atoms with Crippen LogP contribution in [0.15, 0.2) is 42.7 Å². The largest absolute Gasteiger partial charge is 0.371 e. The first kappa shape index (κ1) is 20.3. The fourth-order valence-electron chi connectivity index (χ4n) is 4.14. The number of imidazole rings is 1. The molecular weight excluding hydrogens is 386 g/mol. The molecule has 1 aliphatic rings. The molecule has 0 bridgehead atoms. The minimum atomic E-state index is -0.959. The molecule has 5 nitrogen and oxygen atoms in total. The summed E-state index contributed by atoms with van der Waals surface area (Å²) in [6.07, 6.45) is 2.66.